The number of hydrogen-bond acceptors (Lipinski definition) is 14. The second-order valence-corrected chi connectivity index (χ2v) is 25.0. The summed E-state index contributed by atoms with van der Waals surface area (Å²) in [6.45, 7) is 16.0. The summed E-state index contributed by atoms with van der Waals surface area (Å²) in [7, 11) is 4.41. The number of aromatic nitrogens is 4. The predicted octanol–water partition coefficient (Wildman–Crippen LogP) is 7.75. The maximum Gasteiger partial charge on any atom is 0.318 e. The Morgan fingerprint density at radius 1 is 0.642 bits per heavy atom. The molecule has 0 N–H and O–H groups in total. The molecule has 16 heteroatoms. The third-order valence-corrected chi connectivity index (χ3v) is 20.7. The number of piperazine rings is 2. The number of rotatable bonds is 13. The number of carbonyl (C=O) groups is 2. The summed E-state index contributed by atoms with van der Waals surface area (Å²) in [5, 5.41) is 19.7. The van der Waals surface area contributed by atoms with Gasteiger partial charge in [0.05, 0.1) is 48.5 Å². The Morgan fingerprint density at radius 3 is 1.83 bits per heavy atom. The highest BCUT2D eigenvalue weighted by Gasteiger charge is 2.48. The number of amides is 2. The zero-order chi connectivity index (χ0) is 56.0. The van der Waals surface area contributed by atoms with E-state index in [-0.39, 0.29) is 53.6 Å². The van der Waals surface area contributed by atoms with Crippen LogP contribution in [-0.2, 0) is 52.5 Å². The minimum absolute atomic E-state index is 0.0109. The van der Waals surface area contributed by atoms with Crippen LogP contribution in [0.25, 0.3) is 0 Å². The lowest BCUT2D eigenvalue weighted by atomic mass is 9.58. The van der Waals surface area contributed by atoms with Gasteiger partial charge in [0.25, 0.3) is 0 Å². The number of hydrogen-bond donors (Lipinski definition) is 0. The summed E-state index contributed by atoms with van der Waals surface area (Å²) in [5.74, 6) is 2.33. The minimum atomic E-state index is -0.271. The number of anilines is 2. The van der Waals surface area contributed by atoms with Gasteiger partial charge in [0.2, 0.25) is 11.8 Å². The summed E-state index contributed by atoms with van der Waals surface area (Å²) in [5.41, 5.74) is 11.7. The third-order valence-electron chi connectivity index (χ3n) is 20.7. The lowest BCUT2D eigenvalue weighted by Gasteiger charge is -2.47. The Morgan fingerprint density at radius 2 is 1.23 bits per heavy atom. The van der Waals surface area contributed by atoms with Gasteiger partial charge in [-0.25, -0.2) is 0 Å². The fourth-order valence-corrected chi connectivity index (χ4v) is 16.3. The number of aryl methyl sites for hydroxylation is 1. The van der Waals surface area contributed by atoms with Crippen LogP contribution < -0.4 is 19.3 Å². The Hall–Kier alpha value is -6.88. The molecule has 6 heterocycles. The van der Waals surface area contributed by atoms with E-state index in [1.807, 2.05) is 0 Å². The van der Waals surface area contributed by atoms with Gasteiger partial charge in [-0.05, 0) is 169 Å². The molecule has 12 rings (SSSR count). The number of likely N-dealkylation sites (N-methyl/N-ethyl adjacent to an activating group) is 2. The van der Waals surface area contributed by atoms with Crippen molar-refractivity contribution < 1.29 is 19.1 Å². The predicted molar refractivity (Wildman–Crippen MR) is 311 cm³/mol. The summed E-state index contributed by atoms with van der Waals surface area (Å²) < 4.78 is 13.4. The Labute approximate surface area is 478 Å². The molecule has 4 aromatic rings. The molecule has 4 saturated heterocycles. The van der Waals surface area contributed by atoms with Crippen molar-refractivity contribution in [3.05, 3.63) is 118 Å². The van der Waals surface area contributed by atoms with Gasteiger partial charge in [-0.2, -0.15) is 30.5 Å². The number of benzene rings is 2. The fraction of sp³-hybridized carbons (Fsp3) is 0.569. The molecule has 4 aliphatic carbocycles. The van der Waals surface area contributed by atoms with E-state index >= 15 is 0 Å². The highest BCUT2D eigenvalue weighted by atomic mass is 16.5. The highest BCUT2D eigenvalue weighted by molar-refractivity contribution is 5.88. The minimum Gasteiger partial charge on any atom is -0.462 e. The highest BCUT2D eigenvalue weighted by Crippen LogP contribution is 2.54. The SMILES string of the molecule is C=CC(=O)N1CCN(c2nc(OCC3CCCN3C)nc3c2CCC2(CCC(C4CC(COc5nc6c(c(N7CCN(C(=O)C=C)C(CC#N)C7)n5)CCC5(CCCc7c(C)cccc75)C6)N(C)C4)c4ccccc42)C3)CC1CC#N. The lowest BCUT2D eigenvalue weighted by Crippen LogP contribution is -2.55. The molecule has 2 aromatic carbocycles. The first-order chi connectivity index (χ1) is 39.4. The van der Waals surface area contributed by atoms with Crippen LogP contribution in [0.5, 0.6) is 12.0 Å². The quantitative estimate of drug-likeness (QED) is 0.119. The van der Waals surface area contributed by atoms with Gasteiger partial charge in [0, 0.05) is 79.9 Å². The van der Waals surface area contributed by atoms with Crippen LogP contribution in [-0.4, -0.2) is 155 Å². The smallest absolute Gasteiger partial charge is 0.318 e. The maximum atomic E-state index is 13.0. The molecule has 8 atom stereocenters. The fourth-order valence-electron chi connectivity index (χ4n) is 16.3. The number of fused-ring (bicyclic) bond motifs is 6. The van der Waals surface area contributed by atoms with Crippen molar-refractivity contribution in [3.8, 4) is 24.2 Å². The number of nitriles is 2. The van der Waals surface area contributed by atoms with Gasteiger partial charge in [-0.15, -0.1) is 0 Å². The molecule has 4 aliphatic heterocycles. The molecule has 4 fully saturated rings. The van der Waals surface area contributed by atoms with Crippen LogP contribution in [0.3, 0.4) is 0 Å². The molecular weight excluding hydrogens is 1010 g/mol. The zero-order valence-electron chi connectivity index (χ0n) is 48.0. The van der Waals surface area contributed by atoms with Crippen LogP contribution >= 0.6 is 0 Å². The van der Waals surface area contributed by atoms with Gasteiger partial charge in [0.15, 0.2) is 0 Å². The van der Waals surface area contributed by atoms with Gasteiger partial charge in [-0.1, -0.05) is 55.6 Å². The first-order valence-electron chi connectivity index (χ1n) is 30.2. The van der Waals surface area contributed by atoms with Crippen LogP contribution in [0.1, 0.15) is 127 Å². The maximum absolute atomic E-state index is 13.0. The second kappa shape index (κ2) is 22.8. The molecule has 0 saturated carbocycles. The summed E-state index contributed by atoms with van der Waals surface area (Å²) in [4.78, 5) is 60.0. The monoisotopic (exact) mass is 1090 g/mol. The molecular formula is C65H80N12O4. The molecule has 0 radical (unpaired) electrons. The van der Waals surface area contributed by atoms with E-state index in [0.29, 0.717) is 82.4 Å². The number of nitrogens with zero attached hydrogens (tertiary/aromatic N) is 12. The van der Waals surface area contributed by atoms with Gasteiger partial charge in [-0.3, -0.25) is 14.5 Å². The van der Waals surface area contributed by atoms with Crippen molar-refractivity contribution >= 4 is 23.5 Å². The Bertz CT molecular complexity index is 3170. The molecule has 2 amide bonds. The molecule has 81 heavy (non-hydrogen) atoms. The molecule has 0 bridgehead atoms. The zero-order valence-corrected chi connectivity index (χ0v) is 48.0. The van der Waals surface area contributed by atoms with Crippen LogP contribution in [0.15, 0.2) is 67.8 Å². The van der Waals surface area contributed by atoms with Crippen LogP contribution in [0.4, 0.5) is 11.6 Å². The normalized spacial score (nSPS) is 28.1. The molecule has 16 nitrogen and oxygen atoms in total. The van der Waals surface area contributed by atoms with E-state index in [0.717, 1.165) is 126 Å². The average molecular weight is 1090 g/mol. The van der Waals surface area contributed by atoms with Crippen molar-refractivity contribution in [2.45, 2.75) is 151 Å². The van der Waals surface area contributed by atoms with Crippen molar-refractivity contribution in [3.63, 3.8) is 0 Å². The largest absolute Gasteiger partial charge is 0.462 e. The first-order valence-corrected chi connectivity index (χ1v) is 30.2. The second-order valence-electron chi connectivity index (χ2n) is 25.0. The molecule has 8 unspecified atom stereocenters. The average Bonchev–Trinajstić information content (AvgIpc) is 4.15. The Kier molecular flexibility index (Phi) is 15.4. The first kappa shape index (κ1) is 54.7. The van der Waals surface area contributed by atoms with E-state index < -0.39 is 0 Å². The summed E-state index contributed by atoms with van der Waals surface area (Å²) >= 11 is 0. The van der Waals surface area contributed by atoms with Crippen molar-refractivity contribution in [2.75, 3.05) is 89.5 Å². The van der Waals surface area contributed by atoms with Crippen LogP contribution in [0, 0.1) is 35.5 Å². The Balaban J connectivity index is 0.791. The molecule has 2 spiro atoms. The lowest BCUT2D eigenvalue weighted by molar-refractivity contribution is -0.129. The van der Waals surface area contributed by atoms with E-state index in [9.17, 15) is 20.1 Å². The summed E-state index contributed by atoms with van der Waals surface area (Å²) in [6, 6.07) is 21.5. The van der Waals surface area contributed by atoms with Gasteiger partial charge in [0.1, 0.15) is 24.8 Å². The van der Waals surface area contributed by atoms with Gasteiger partial charge >= 0.3 is 12.0 Å². The molecule has 424 valence electrons. The molecule has 2 aromatic heterocycles. The molecule has 8 aliphatic rings. The number of ether oxygens (including phenoxy) is 2. The van der Waals surface area contributed by atoms with Crippen molar-refractivity contribution in [1.29, 1.82) is 10.5 Å². The van der Waals surface area contributed by atoms with Gasteiger partial charge < -0.3 is 34.0 Å². The van der Waals surface area contributed by atoms with E-state index in [1.54, 1.807) is 9.80 Å². The van der Waals surface area contributed by atoms with E-state index in [2.05, 4.69) is 108 Å². The number of carbonyl (C=O) groups excluding carboxylic acids is 2. The number of likely N-dealkylation sites (tertiary alicyclic amines) is 2. The van der Waals surface area contributed by atoms with E-state index in [4.69, 9.17) is 29.4 Å². The standard InChI is InChI=1S/C65H80N12O4/c1-6-58(78)76-33-31-74(39-45(76)22-28-66)60-52-20-26-64(24-11-16-49-43(3)13-10-18-54(49)64)36-56(52)68-63(71-60)81-42-48-35-44(38-73(48)5)50-19-25-65(55-17-9-8-15-51(50)55)27-21-53-57(37-65)69-62(80-41-47-14-12-30-72(47)4)70-61(53)75-32-34-77(59(79)7-2)46(40-75)23-29-67/h6-10,13,15,17-18,44-48,50H,1-2,11-12,14,16,19-27,30-42H2,3-5H3. The van der Waals surface area contributed by atoms with Crippen molar-refractivity contribution in [1.82, 2.24) is 39.5 Å². The third kappa shape index (κ3) is 10.3. The van der Waals surface area contributed by atoms with Crippen LogP contribution in [0.2, 0.25) is 0 Å². The topological polar surface area (TPSA) is 171 Å². The van der Waals surface area contributed by atoms with E-state index in [1.165, 1.54) is 51.1 Å². The van der Waals surface area contributed by atoms with Crippen molar-refractivity contribution in [2.24, 2.45) is 5.92 Å². The summed E-state index contributed by atoms with van der Waals surface area (Å²) in [6.07, 6.45) is 17.3.